The van der Waals surface area contributed by atoms with Crippen molar-refractivity contribution in [1.29, 1.82) is 0 Å². The molecule has 2 aromatic rings. The van der Waals surface area contributed by atoms with E-state index in [0.29, 0.717) is 10.7 Å². The first-order chi connectivity index (χ1) is 12.6. The van der Waals surface area contributed by atoms with Crippen molar-refractivity contribution in [2.75, 3.05) is 13.1 Å². The van der Waals surface area contributed by atoms with E-state index >= 15 is 0 Å². The number of thioether (sulfide) groups is 1. The Balaban J connectivity index is 1.52. The molecule has 1 aliphatic rings. The fourth-order valence-corrected chi connectivity index (χ4v) is 3.15. The molecule has 6 nitrogen and oxygen atoms in total. The Morgan fingerprint density at radius 1 is 1.15 bits per heavy atom. The van der Waals surface area contributed by atoms with Crippen LogP contribution in [0.2, 0.25) is 0 Å². The third kappa shape index (κ3) is 4.52. The molecule has 1 aliphatic heterocycles. The third-order valence-electron chi connectivity index (χ3n) is 3.55. The number of carbonyl (C=O) groups is 3. The van der Waals surface area contributed by atoms with Crippen LogP contribution in [0.3, 0.4) is 0 Å². The van der Waals surface area contributed by atoms with Crippen LogP contribution in [0.15, 0.2) is 64.1 Å². The molecule has 1 aromatic carbocycles. The molecule has 0 aliphatic carbocycles. The fourth-order valence-electron chi connectivity index (χ4n) is 2.29. The molecular weight excluding hydrogens is 352 g/mol. The first-order valence-electron chi connectivity index (χ1n) is 7.93. The normalized spacial score (nSPS) is 16.0. The van der Waals surface area contributed by atoms with Gasteiger partial charge in [-0.05, 0) is 41.6 Å². The van der Waals surface area contributed by atoms with Crippen LogP contribution >= 0.6 is 11.8 Å². The maximum Gasteiger partial charge on any atom is 0.293 e. The van der Waals surface area contributed by atoms with Crippen molar-refractivity contribution < 1.29 is 18.8 Å². The summed E-state index contributed by atoms with van der Waals surface area (Å²) in [5.74, 6) is -0.102. The highest BCUT2D eigenvalue weighted by molar-refractivity contribution is 8.18. The summed E-state index contributed by atoms with van der Waals surface area (Å²) >= 11 is 0.903. The Hall–Kier alpha value is -3.06. The molecule has 1 aromatic heterocycles. The number of hydrogen-bond acceptors (Lipinski definition) is 5. The smallest absolute Gasteiger partial charge is 0.293 e. The number of benzene rings is 1. The first kappa shape index (κ1) is 17.8. The lowest BCUT2D eigenvalue weighted by Gasteiger charge is -2.12. The SMILES string of the molecule is O=C(C=Cc1ccco1)NCCN1C(=O)SC(=Cc2ccccc2)C1=O. The van der Waals surface area contributed by atoms with Crippen LogP contribution < -0.4 is 5.32 Å². The van der Waals surface area contributed by atoms with Gasteiger partial charge in [0.05, 0.1) is 11.2 Å². The van der Waals surface area contributed by atoms with E-state index in [0.717, 1.165) is 22.2 Å². The minimum atomic E-state index is -0.343. The van der Waals surface area contributed by atoms with Crippen LogP contribution in [0.1, 0.15) is 11.3 Å². The topological polar surface area (TPSA) is 79.6 Å². The monoisotopic (exact) mass is 368 g/mol. The van der Waals surface area contributed by atoms with Gasteiger partial charge in [0.15, 0.2) is 0 Å². The van der Waals surface area contributed by atoms with Gasteiger partial charge < -0.3 is 9.73 Å². The van der Waals surface area contributed by atoms with Crippen LogP contribution in [0.5, 0.6) is 0 Å². The van der Waals surface area contributed by atoms with Crippen molar-refractivity contribution >= 4 is 41.0 Å². The summed E-state index contributed by atoms with van der Waals surface area (Å²) < 4.78 is 5.09. The second-order valence-corrected chi connectivity index (χ2v) is 6.38. The molecule has 1 N–H and O–H groups in total. The second-order valence-electron chi connectivity index (χ2n) is 5.38. The number of carbonyl (C=O) groups excluding carboxylic acids is 3. The summed E-state index contributed by atoms with van der Waals surface area (Å²) in [6.07, 6.45) is 6.08. The van der Waals surface area contributed by atoms with E-state index in [9.17, 15) is 14.4 Å². The Morgan fingerprint density at radius 2 is 1.96 bits per heavy atom. The third-order valence-corrected chi connectivity index (χ3v) is 4.46. The molecule has 3 rings (SSSR count). The van der Waals surface area contributed by atoms with Crippen molar-refractivity contribution in [3.8, 4) is 0 Å². The Labute approximate surface area is 154 Å². The number of hydrogen-bond donors (Lipinski definition) is 1. The maximum absolute atomic E-state index is 12.4. The molecule has 7 heteroatoms. The van der Waals surface area contributed by atoms with Gasteiger partial charge in [-0.3, -0.25) is 19.3 Å². The van der Waals surface area contributed by atoms with E-state index in [2.05, 4.69) is 5.32 Å². The molecule has 0 atom stereocenters. The summed E-state index contributed by atoms with van der Waals surface area (Å²) in [6, 6.07) is 12.8. The fraction of sp³-hybridized carbons (Fsp3) is 0.105. The average molecular weight is 368 g/mol. The quantitative estimate of drug-likeness (QED) is 0.793. The zero-order valence-corrected chi connectivity index (χ0v) is 14.6. The molecular formula is C19H16N2O4S. The van der Waals surface area contributed by atoms with Gasteiger partial charge in [-0.1, -0.05) is 30.3 Å². The maximum atomic E-state index is 12.4. The number of furan rings is 1. The average Bonchev–Trinajstić information content (AvgIpc) is 3.25. The van der Waals surface area contributed by atoms with Crippen molar-refractivity contribution in [2.24, 2.45) is 0 Å². The van der Waals surface area contributed by atoms with Gasteiger partial charge in [0, 0.05) is 19.2 Å². The zero-order valence-electron chi connectivity index (χ0n) is 13.8. The van der Waals surface area contributed by atoms with Crippen molar-refractivity contribution in [1.82, 2.24) is 10.2 Å². The number of rotatable bonds is 6. The number of nitrogens with one attached hydrogen (secondary N) is 1. The van der Waals surface area contributed by atoms with Gasteiger partial charge in [-0.15, -0.1) is 0 Å². The van der Waals surface area contributed by atoms with E-state index in [-0.39, 0.29) is 30.1 Å². The highest BCUT2D eigenvalue weighted by atomic mass is 32.2. The number of nitrogens with zero attached hydrogens (tertiary/aromatic N) is 1. The molecule has 2 heterocycles. The van der Waals surface area contributed by atoms with Gasteiger partial charge in [-0.25, -0.2) is 0 Å². The van der Waals surface area contributed by atoms with Gasteiger partial charge >= 0.3 is 0 Å². The summed E-state index contributed by atoms with van der Waals surface area (Å²) in [4.78, 5) is 37.6. The first-order valence-corrected chi connectivity index (χ1v) is 8.75. The van der Waals surface area contributed by atoms with Gasteiger partial charge in [-0.2, -0.15) is 0 Å². The van der Waals surface area contributed by atoms with Gasteiger partial charge in [0.1, 0.15) is 5.76 Å². The second kappa shape index (κ2) is 8.35. The van der Waals surface area contributed by atoms with Crippen LogP contribution in [0, 0.1) is 0 Å². The van der Waals surface area contributed by atoms with Crippen molar-refractivity contribution in [3.63, 3.8) is 0 Å². The predicted molar refractivity (Wildman–Crippen MR) is 99.9 cm³/mol. The van der Waals surface area contributed by atoms with Gasteiger partial charge in [0.2, 0.25) is 5.91 Å². The summed E-state index contributed by atoms with van der Waals surface area (Å²) in [5.41, 5.74) is 0.856. The highest BCUT2D eigenvalue weighted by Crippen LogP contribution is 2.31. The summed E-state index contributed by atoms with van der Waals surface area (Å²) in [6.45, 7) is 0.301. The van der Waals surface area contributed by atoms with Gasteiger partial charge in [0.25, 0.3) is 11.1 Å². The Morgan fingerprint density at radius 3 is 2.69 bits per heavy atom. The van der Waals surface area contributed by atoms with E-state index < -0.39 is 0 Å². The zero-order chi connectivity index (χ0) is 18.4. The molecule has 0 spiro atoms. The lowest BCUT2D eigenvalue weighted by molar-refractivity contribution is -0.123. The minimum absolute atomic E-state index is 0.122. The summed E-state index contributed by atoms with van der Waals surface area (Å²) in [5, 5.41) is 2.30. The van der Waals surface area contributed by atoms with E-state index in [1.54, 1.807) is 18.2 Å². The molecule has 3 amide bonds. The Bertz CT molecular complexity index is 857. The number of imide groups is 1. The largest absolute Gasteiger partial charge is 0.465 e. The lowest BCUT2D eigenvalue weighted by atomic mass is 10.2. The van der Waals surface area contributed by atoms with Crippen LogP contribution in [-0.4, -0.2) is 35.0 Å². The van der Waals surface area contributed by atoms with Crippen molar-refractivity contribution in [3.05, 3.63) is 71.0 Å². The van der Waals surface area contributed by atoms with E-state index in [4.69, 9.17) is 4.42 Å². The van der Waals surface area contributed by atoms with E-state index in [1.165, 1.54) is 18.4 Å². The Kier molecular flexibility index (Phi) is 5.70. The molecule has 0 unspecified atom stereocenters. The molecule has 0 radical (unpaired) electrons. The highest BCUT2D eigenvalue weighted by Gasteiger charge is 2.34. The van der Waals surface area contributed by atoms with Crippen LogP contribution in [0.25, 0.3) is 12.2 Å². The standard InChI is InChI=1S/C19H16N2O4S/c22-17(9-8-15-7-4-12-25-15)20-10-11-21-18(23)16(26-19(21)24)13-14-5-2-1-3-6-14/h1-9,12-13H,10-11H2,(H,20,22). The lowest BCUT2D eigenvalue weighted by Crippen LogP contribution is -2.36. The molecule has 132 valence electrons. The number of amides is 3. The molecule has 26 heavy (non-hydrogen) atoms. The summed E-state index contributed by atoms with van der Waals surface area (Å²) in [7, 11) is 0. The predicted octanol–water partition coefficient (Wildman–Crippen LogP) is 3.15. The molecule has 1 fully saturated rings. The minimum Gasteiger partial charge on any atom is -0.465 e. The van der Waals surface area contributed by atoms with Crippen LogP contribution in [0.4, 0.5) is 4.79 Å². The van der Waals surface area contributed by atoms with E-state index in [1.807, 2.05) is 30.3 Å². The molecule has 1 saturated heterocycles. The van der Waals surface area contributed by atoms with Crippen molar-refractivity contribution in [2.45, 2.75) is 0 Å². The molecule has 0 saturated carbocycles. The van der Waals surface area contributed by atoms with Crippen LogP contribution in [-0.2, 0) is 9.59 Å². The molecule has 0 bridgehead atoms.